The number of anilines is 2. The van der Waals surface area contributed by atoms with Crippen LogP contribution in [0, 0.1) is 5.92 Å². The maximum atomic E-state index is 13.9. The van der Waals surface area contributed by atoms with Crippen molar-refractivity contribution >= 4 is 34.9 Å². The number of ether oxygens (including phenoxy) is 3. The van der Waals surface area contributed by atoms with Crippen molar-refractivity contribution in [2.75, 3.05) is 51.2 Å². The van der Waals surface area contributed by atoms with Gasteiger partial charge in [0.1, 0.15) is 0 Å². The summed E-state index contributed by atoms with van der Waals surface area (Å²) < 4.78 is 16.6. The molecule has 0 N–H and O–H groups in total. The fraction of sp³-hybridized carbons (Fsp3) is 0.459. The summed E-state index contributed by atoms with van der Waals surface area (Å²) in [6.45, 7) is 5.27. The second-order valence-corrected chi connectivity index (χ2v) is 13.3. The van der Waals surface area contributed by atoms with Gasteiger partial charge in [-0.05, 0) is 118 Å². The monoisotopic (exact) mass is 647 g/mol. The topological polar surface area (TPSA) is 71.6 Å². The molecule has 46 heavy (non-hydrogen) atoms. The number of hydrogen-bond acceptors (Lipinski definition) is 7. The summed E-state index contributed by atoms with van der Waals surface area (Å²) in [4.78, 5) is 31.9. The van der Waals surface area contributed by atoms with Crippen LogP contribution in [0.1, 0.15) is 62.3 Å². The largest absolute Gasteiger partial charge is 0.493 e. The van der Waals surface area contributed by atoms with Crippen molar-refractivity contribution in [2.24, 2.45) is 5.92 Å². The number of carbonyl (C=O) groups is 2. The number of nitrogens with zero attached hydrogens (tertiary/aromatic N) is 3. The number of rotatable bonds is 11. The van der Waals surface area contributed by atoms with E-state index in [4.69, 9.17) is 25.8 Å². The summed E-state index contributed by atoms with van der Waals surface area (Å²) in [5.41, 5.74) is 4.85. The minimum absolute atomic E-state index is 0.0158. The predicted molar refractivity (Wildman–Crippen MR) is 183 cm³/mol. The van der Waals surface area contributed by atoms with Crippen LogP contribution >= 0.6 is 11.6 Å². The van der Waals surface area contributed by atoms with Gasteiger partial charge in [0.25, 0.3) is 0 Å². The van der Waals surface area contributed by atoms with Crippen molar-refractivity contribution in [3.63, 3.8) is 0 Å². The molecule has 246 valence electrons. The van der Waals surface area contributed by atoms with Crippen LogP contribution < -0.4 is 19.3 Å². The van der Waals surface area contributed by atoms with E-state index >= 15 is 0 Å². The van der Waals surface area contributed by atoms with E-state index in [1.54, 1.807) is 7.11 Å². The van der Waals surface area contributed by atoms with Crippen molar-refractivity contribution < 1.29 is 23.8 Å². The highest BCUT2D eigenvalue weighted by Gasteiger charge is 2.36. The van der Waals surface area contributed by atoms with Crippen LogP contribution in [0.25, 0.3) is 0 Å². The SMILES string of the molecule is COC(=O)CN(C)[C@H]1CC[C@H](CN(C)c2ccc(N3C(=O)Cc4cc(OC)c(OC(C)C)cc4[C@@H]3c3ccc(Cl)cc3)cc2)CC1. The third-order valence-electron chi connectivity index (χ3n) is 9.28. The van der Waals surface area contributed by atoms with Gasteiger partial charge in [0.05, 0.1) is 39.3 Å². The minimum Gasteiger partial charge on any atom is -0.493 e. The lowest BCUT2D eigenvalue weighted by Gasteiger charge is -2.38. The van der Waals surface area contributed by atoms with E-state index in [0.717, 1.165) is 60.3 Å². The van der Waals surface area contributed by atoms with Crippen LogP contribution in [0.4, 0.5) is 11.4 Å². The van der Waals surface area contributed by atoms with E-state index in [0.29, 0.717) is 35.0 Å². The molecule has 0 aromatic heterocycles. The Bertz CT molecular complexity index is 1500. The molecule has 2 aliphatic rings. The van der Waals surface area contributed by atoms with Gasteiger partial charge in [0.2, 0.25) is 5.91 Å². The number of halogens is 1. The summed E-state index contributed by atoms with van der Waals surface area (Å²) >= 11 is 6.28. The molecule has 3 aromatic rings. The van der Waals surface area contributed by atoms with Gasteiger partial charge >= 0.3 is 5.97 Å². The number of fused-ring (bicyclic) bond motifs is 1. The molecule has 1 amide bonds. The zero-order valence-electron chi connectivity index (χ0n) is 27.8. The van der Waals surface area contributed by atoms with E-state index < -0.39 is 0 Å². The normalized spacial score (nSPS) is 19.6. The van der Waals surface area contributed by atoms with Gasteiger partial charge in [-0.1, -0.05) is 23.7 Å². The van der Waals surface area contributed by atoms with Gasteiger partial charge in [-0.25, -0.2) is 0 Å². The Morgan fingerprint density at radius 3 is 2.24 bits per heavy atom. The molecule has 3 aromatic carbocycles. The highest BCUT2D eigenvalue weighted by Crippen LogP contribution is 2.44. The number of esters is 1. The molecular formula is C37H46ClN3O5. The van der Waals surface area contributed by atoms with E-state index in [9.17, 15) is 9.59 Å². The lowest BCUT2D eigenvalue weighted by atomic mass is 9.85. The lowest BCUT2D eigenvalue weighted by molar-refractivity contribution is -0.142. The fourth-order valence-corrected chi connectivity index (χ4v) is 6.98. The van der Waals surface area contributed by atoms with Gasteiger partial charge in [-0.3, -0.25) is 14.5 Å². The minimum atomic E-state index is -0.356. The standard InChI is InChI=1S/C37H46ClN3O5/c1-24(2)46-34-21-32-27(19-33(34)44-5)20-35(42)41(37(32)26-9-11-28(38)12-10-26)31-17-15-30(16-18-31)39(3)22-25-7-13-29(14-8-25)40(4)23-36(43)45-6/h9-12,15-19,21,24-25,29,37H,7-8,13-14,20,22-23H2,1-6H3/t25-,29-,37-/m0/s1. The van der Waals surface area contributed by atoms with Crippen LogP contribution in [0.15, 0.2) is 60.7 Å². The van der Waals surface area contributed by atoms with Crippen molar-refractivity contribution in [2.45, 2.75) is 64.1 Å². The molecule has 0 unspecified atom stereocenters. The molecule has 1 saturated carbocycles. The summed E-state index contributed by atoms with van der Waals surface area (Å²) in [7, 11) is 7.20. The van der Waals surface area contributed by atoms with Crippen molar-refractivity contribution in [3.8, 4) is 11.5 Å². The Labute approximate surface area is 278 Å². The first-order chi connectivity index (χ1) is 22.1. The number of carbonyl (C=O) groups excluding carboxylic acids is 2. The molecule has 0 saturated heterocycles. The third kappa shape index (κ3) is 7.61. The van der Waals surface area contributed by atoms with Crippen LogP contribution in [0.3, 0.4) is 0 Å². The third-order valence-corrected chi connectivity index (χ3v) is 9.54. The summed E-state index contributed by atoms with van der Waals surface area (Å²) in [6.07, 6.45) is 4.62. The number of likely N-dealkylation sites (N-methyl/N-ethyl adjacent to an activating group) is 1. The highest BCUT2D eigenvalue weighted by atomic mass is 35.5. The maximum absolute atomic E-state index is 13.9. The predicted octanol–water partition coefficient (Wildman–Crippen LogP) is 6.91. The Morgan fingerprint density at radius 2 is 1.63 bits per heavy atom. The molecule has 0 bridgehead atoms. The van der Waals surface area contributed by atoms with Gasteiger partial charge in [-0.2, -0.15) is 0 Å². The molecule has 1 atom stereocenters. The summed E-state index contributed by atoms with van der Waals surface area (Å²) in [5.74, 6) is 1.69. The maximum Gasteiger partial charge on any atom is 0.319 e. The second kappa shape index (κ2) is 14.8. The fourth-order valence-electron chi connectivity index (χ4n) is 6.85. The van der Waals surface area contributed by atoms with Crippen molar-refractivity contribution in [3.05, 3.63) is 82.4 Å². The highest BCUT2D eigenvalue weighted by molar-refractivity contribution is 6.30. The molecule has 8 nitrogen and oxygen atoms in total. The smallest absolute Gasteiger partial charge is 0.319 e. The molecule has 1 heterocycles. The van der Waals surface area contributed by atoms with Crippen molar-refractivity contribution in [1.82, 2.24) is 4.90 Å². The molecule has 1 aliphatic carbocycles. The van der Waals surface area contributed by atoms with Gasteiger partial charge in [0.15, 0.2) is 11.5 Å². The van der Waals surface area contributed by atoms with E-state index in [-0.39, 0.29) is 30.4 Å². The summed E-state index contributed by atoms with van der Waals surface area (Å²) in [5, 5.41) is 0.644. The molecular weight excluding hydrogens is 602 g/mol. The number of amides is 1. The Hall–Kier alpha value is -3.75. The van der Waals surface area contributed by atoms with Gasteiger partial charge in [0, 0.05) is 36.0 Å². The summed E-state index contributed by atoms with van der Waals surface area (Å²) in [6, 6.07) is 20.0. The van der Waals surface area contributed by atoms with Gasteiger partial charge in [-0.15, -0.1) is 0 Å². The van der Waals surface area contributed by atoms with E-state index in [2.05, 4.69) is 29.0 Å². The van der Waals surface area contributed by atoms with E-state index in [1.165, 1.54) is 7.11 Å². The average molecular weight is 648 g/mol. The molecule has 9 heteroatoms. The molecule has 1 aliphatic heterocycles. The molecule has 5 rings (SSSR count). The zero-order chi connectivity index (χ0) is 33.0. The first kappa shape index (κ1) is 33.6. The quantitative estimate of drug-likeness (QED) is 0.209. The Morgan fingerprint density at radius 1 is 0.957 bits per heavy atom. The second-order valence-electron chi connectivity index (χ2n) is 12.8. The zero-order valence-corrected chi connectivity index (χ0v) is 28.5. The molecule has 1 fully saturated rings. The molecule has 0 radical (unpaired) electrons. The van der Waals surface area contributed by atoms with Crippen LogP contribution in [-0.2, 0) is 20.7 Å². The van der Waals surface area contributed by atoms with Crippen LogP contribution in [0.2, 0.25) is 5.02 Å². The van der Waals surface area contributed by atoms with Crippen LogP contribution in [0.5, 0.6) is 11.5 Å². The average Bonchev–Trinajstić information content (AvgIpc) is 3.04. The Kier molecular flexibility index (Phi) is 10.8. The number of benzene rings is 3. The van der Waals surface area contributed by atoms with Crippen molar-refractivity contribution in [1.29, 1.82) is 0 Å². The Balaban J connectivity index is 1.35. The number of hydrogen-bond donors (Lipinski definition) is 0. The number of methoxy groups -OCH3 is 2. The van der Waals surface area contributed by atoms with Gasteiger partial charge < -0.3 is 24.0 Å². The van der Waals surface area contributed by atoms with E-state index in [1.807, 2.05) is 74.3 Å². The first-order valence-electron chi connectivity index (χ1n) is 16.1. The van der Waals surface area contributed by atoms with Crippen LogP contribution in [-0.4, -0.2) is 70.3 Å². The molecule has 0 spiro atoms. The first-order valence-corrected chi connectivity index (χ1v) is 16.5. The lowest BCUT2D eigenvalue weighted by Crippen LogP contribution is -2.41.